The zero-order valence-corrected chi connectivity index (χ0v) is 12.8. The van der Waals surface area contributed by atoms with Gasteiger partial charge in [0.2, 0.25) is 0 Å². The summed E-state index contributed by atoms with van der Waals surface area (Å²) in [7, 11) is 1.83. The zero-order valence-electron chi connectivity index (χ0n) is 12.8. The van der Waals surface area contributed by atoms with Crippen LogP contribution >= 0.6 is 0 Å². The molecule has 1 aromatic heterocycles. The van der Waals surface area contributed by atoms with Crippen LogP contribution in [-0.4, -0.2) is 29.4 Å². The lowest BCUT2D eigenvalue weighted by molar-refractivity contribution is 0.0753. The van der Waals surface area contributed by atoms with Crippen LogP contribution in [0.3, 0.4) is 0 Å². The number of aromatic nitrogens is 1. The highest BCUT2D eigenvalue weighted by Gasteiger charge is 2.17. The van der Waals surface area contributed by atoms with Crippen LogP contribution < -0.4 is 5.32 Å². The van der Waals surface area contributed by atoms with Crippen LogP contribution in [0.2, 0.25) is 0 Å². The lowest BCUT2D eigenvalue weighted by atomic mass is 10.1. The van der Waals surface area contributed by atoms with Crippen LogP contribution in [0.15, 0.2) is 42.7 Å². The third kappa shape index (κ3) is 3.60. The molecule has 1 heterocycles. The molecule has 21 heavy (non-hydrogen) atoms. The Hall–Kier alpha value is -2.36. The molecule has 2 rings (SSSR count). The van der Waals surface area contributed by atoms with Crippen LogP contribution in [0.1, 0.15) is 28.4 Å². The van der Waals surface area contributed by atoms with E-state index in [1.54, 1.807) is 12.4 Å². The van der Waals surface area contributed by atoms with E-state index in [0.717, 1.165) is 16.8 Å². The number of benzene rings is 1. The van der Waals surface area contributed by atoms with E-state index >= 15 is 0 Å². The summed E-state index contributed by atoms with van der Waals surface area (Å²) in [5.74, 6) is 0.0439. The minimum Gasteiger partial charge on any atom is -0.387 e. The van der Waals surface area contributed by atoms with Gasteiger partial charge in [-0.3, -0.25) is 9.78 Å². The van der Waals surface area contributed by atoms with Gasteiger partial charge >= 0.3 is 0 Å². The molecule has 0 bridgehead atoms. The molecule has 0 fully saturated rings. The maximum absolute atomic E-state index is 12.8. The number of anilines is 1. The summed E-state index contributed by atoms with van der Waals surface area (Å²) >= 11 is 0. The van der Waals surface area contributed by atoms with Crippen molar-refractivity contribution in [1.82, 2.24) is 9.88 Å². The molecule has 1 amide bonds. The molecule has 1 aromatic carbocycles. The summed E-state index contributed by atoms with van der Waals surface area (Å²) in [6.45, 7) is 5.25. The van der Waals surface area contributed by atoms with Gasteiger partial charge in [-0.2, -0.15) is 0 Å². The topological polar surface area (TPSA) is 45.2 Å². The zero-order chi connectivity index (χ0) is 15.2. The van der Waals surface area contributed by atoms with Crippen molar-refractivity contribution in [2.45, 2.75) is 20.4 Å². The second kappa shape index (κ2) is 6.88. The predicted octanol–water partition coefficient (Wildman–Crippen LogP) is 3.09. The van der Waals surface area contributed by atoms with E-state index in [4.69, 9.17) is 0 Å². The quantitative estimate of drug-likeness (QED) is 0.917. The smallest absolute Gasteiger partial charge is 0.256 e. The average Bonchev–Trinajstić information content (AvgIpc) is 2.53. The molecule has 4 nitrogen and oxygen atoms in total. The third-order valence-corrected chi connectivity index (χ3v) is 3.47. The van der Waals surface area contributed by atoms with Gasteiger partial charge in [-0.15, -0.1) is 0 Å². The summed E-state index contributed by atoms with van der Waals surface area (Å²) in [5.41, 5.74) is 3.74. The SMILES string of the molecule is CCN(Cc1ccncc1)C(=O)c1cc(C)ccc1NC. The fourth-order valence-electron chi connectivity index (χ4n) is 2.26. The Labute approximate surface area is 125 Å². The molecule has 0 atom stereocenters. The van der Waals surface area contributed by atoms with Gasteiger partial charge in [-0.25, -0.2) is 0 Å². The number of rotatable bonds is 5. The summed E-state index contributed by atoms with van der Waals surface area (Å²) in [4.78, 5) is 18.6. The van der Waals surface area contributed by atoms with Crippen LogP contribution in [0.25, 0.3) is 0 Å². The van der Waals surface area contributed by atoms with Gasteiger partial charge in [-0.1, -0.05) is 11.6 Å². The first-order valence-corrected chi connectivity index (χ1v) is 7.12. The first kappa shape index (κ1) is 15.0. The van der Waals surface area contributed by atoms with E-state index < -0.39 is 0 Å². The largest absolute Gasteiger partial charge is 0.387 e. The minimum absolute atomic E-state index is 0.0439. The van der Waals surface area contributed by atoms with E-state index in [9.17, 15) is 4.79 Å². The lowest BCUT2D eigenvalue weighted by Crippen LogP contribution is -2.30. The second-order valence-electron chi connectivity index (χ2n) is 4.97. The Balaban J connectivity index is 2.26. The number of carbonyl (C=O) groups excluding carboxylic acids is 1. The lowest BCUT2D eigenvalue weighted by Gasteiger charge is -2.22. The Morgan fingerprint density at radius 1 is 1.24 bits per heavy atom. The molecule has 0 aliphatic rings. The van der Waals surface area contributed by atoms with Crippen LogP contribution in [-0.2, 0) is 6.54 Å². The Kier molecular flexibility index (Phi) is 4.93. The van der Waals surface area contributed by atoms with Crippen molar-refractivity contribution in [3.8, 4) is 0 Å². The van der Waals surface area contributed by atoms with Crippen molar-refractivity contribution in [1.29, 1.82) is 0 Å². The Morgan fingerprint density at radius 2 is 1.95 bits per heavy atom. The highest BCUT2D eigenvalue weighted by Crippen LogP contribution is 2.20. The van der Waals surface area contributed by atoms with Gasteiger partial charge < -0.3 is 10.2 Å². The van der Waals surface area contributed by atoms with Crippen molar-refractivity contribution in [2.24, 2.45) is 0 Å². The van der Waals surface area contributed by atoms with Gasteiger partial charge in [0.1, 0.15) is 0 Å². The van der Waals surface area contributed by atoms with Crippen molar-refractivity contribution >= 4 is 11.6 Å². The molecule has 110 valence electrons. The number of nitrogens with one attached hydrogen (secondary N) is 1. The van der Waals surface area contributed by atoms with Crippen molar-refractivity contribution in [2.75, 3.05) is 18.9 Å². The Bertz CT molecular complexity index is 611. The average molecular weight is 283 g/mol. The highest BCUT2D eigenvalue weighted by molar-refractivity contribution is 5.99. The van der Waals surface area contributed by atoms with Crippen molar-refractivity contribution < 1.29 is 4.79 Å². The molecule has 0 radical (unpaired) electrons. The molecule has 0 saturated heterocycles. The fraction of sp³-hybridized carbons (Fsp3) is 0.294. The standard InChI is InChI=1S/C17H21N3O/c1-4-20(12-14-7-9-19-10-8-14)17(21)15-11-13(2)5-6-16(15)18-3/h5-11,18H,4,12H2,1-3H3. The number of amides is 1. The molecule has 2 aromatic rings. The number of carbonyl (C=O) groups is 1. The normalized spacial score (nSPS) is 10.2. The molecule has 0 aliphatic carbocycles. The van der Waals surface area contributed by atoms with Gasteiger partial charge in [0.15, 0.2) is 0 Å². The molecule has 0 unspecified atom stereocenters. The number of nitrogens with zero attached hydrogens (tertiary/aromatic N) is 2. The molecule has 0 aliphatic heterocycles. The molecule has 0 spiro atoms. The van der Waals surface area contributed by atoms with Crippen LogP contribution in [0, 0.1) is 6.92 Å². The summed E-state index contributed by atoms with van der Waals surface area (Å²) < 4.78 is 0. The monoisotopic (exact) mass is 283 g/mol. The van der Waals surface area contributed by atoms with E-state index in [-0.39, 0.29) is 5.91 Å². The van der Waals surface area contributed by atoms with Crippen molar-refractivity contribution in [3.63, 3.8) is 0 Å². The predicted molar refractivity (Wildman–Crippen MR) is 85.4 cm³/mol. The number of aryl methyl sites for hydroxylation is 1. The summed E-state index contributed by atoms with van der Waals surface area (Å²) in [5, 5.41) is 3.09. The van der Waals surface area contributed by atoms with E-state index in [2.05, 4.69) is 10.3 Å². The van der Waals surface area contributed by atoms with Gasteiger partial charge in [0, 0.05) is 38.2 Å². The highest BCUT2D eigenvalue weighted by atomic mass is 16.2. The van der Waals surface area contributed by atoms with E-state index in [0.29, 0.717) is 18.7 Å². The maximum atomic E-state index is 12.8. The van der Waals surface area contributed by atoms with Crippen LogP contribution in [0.4, 0.5) is 5.69 Å². The van der Waals surface area contributed by atoms with Gasteiger partial charge in [-0.05, 0) is 43.7 Å². The van der Waals surface area contributed by atoms with Crippen molar-refractivity contribution in [3.05, 3.63) is 59.4 Å². The first-order chi connectivity index (χ1) is 10.2. The van der Waals surface area contributed by atoms with Gasteiger partial charge in [0.25, 0.3) is 5.91 Å². The maximum Gasteiger partial charge on any atom is 0.256 e. The molecule has 1 N–H and O–H groups in total. The number of hydrogen-bond donors (Lipinski definition) is 1. The molecule has 4 heteroatoms. The van der Waals surface area contributed by atoms with E-state index in [1.807, 2.05) is 56.1 Å². The second-order valence-corrected chi connectivity index (χ2v) is 4.97. The summed E-state index contributed by atoms with van der Waals surface area (Å²) in [6, 6.07) is 9.75. The molecular weight excluding hydrogens is 262 g/mol. The van der Waals surface area contributed by atoms with Crippen LogP contribution in [0.5, 0.6) is 0 Å². The molecular formula is C17H21N3O. The van der Waals surface area contributed by atoms with Gasteiger partial charge in [0.05, 0.1) is 5.56 Å². The minimum atomic E-state index is 0.0439. The van der Waals surface area contributed by atoms with E-state index in [1.165, 1.54) is 0 Å². The number of hydrogen-bond acceptors (Lipinski definition) is 3. The molecule has 0 saturated carbocycles. The first-order valence-electron chi connectivity index (χ1n) is 7.12. The third-order valence-electron chi connectivity index (χ3n) is 3.47. The number of pyridine rings is 1. The fourth-order valence-corrected chi connectivity index (χ4v) is 2.26. The Morgan fingerprint density at radius 3 is 2.57 bits per heavy atom. The summed E-state index contributed by atoms with van der Waals surface area (Å²) in [6.07, 6.45) is 3.50.